The Morgan fingerprint density at radius 3 is 2.25 bits per heavy atom. The molecule has 16 heavy (non-hydrogen) atoms. The molecule has 0 aromatic heterocycles. The molecule has 0 bridgehead atoms. The van der Waals surface area contributed by atoms with Gasteiger partial charge in [0.05, 0.1) is 7.11 Å². The third-order valence-electron chi connectivity index (χ3n) is 4.13. The molecule has 0 aromatic rings. The summed E-state index contributed by atoms with van der Waals surface area (Å²) in [7, 11) is 1.42. The number of nitrogens with zero attached hydrogens (tertiary/aromatic N) is 1. The zero-order chi connectivity index (χ0) is 11.6. The van der Waals surface area contributed by atoms with Crippen molar-refractivity contribution in [1.29, 1.82) is 0 Å². The number of hydrogen-bond donors (Lipinski definition) is 0. The maximum atomic E-state index is 11.3. The molecular weight excluding hydrogens is 206 g/mol. The third kappa shape index (κ3) is 2.20. The Morgan fingerprint density at radius 1 is 1.19 bits per heavy atom. The number of ketones is 1. The van der Waals surface area contributed by atoms with E-state index in [0.717, 1.165) is 51.6 Å². The summed E-state index contributed by atoms with van der Waals surface area (Å²) in [5.41, 5.74) is 0.332. The molecule has 1 amide bonds. The smallest absolute Gasteiger partial charge is 0.409 e. The largest absolute Gasteiger partial charge is 0.453 e. The highest BCUT2D eigenvalue weighted by Crippen LogP contribution is 2.43. The van der Waals surface area contributed by atoms with Gasteiger partial charge in [0.25, 0.3) is 0 Å². The van der Waals surface area contributed by atoms with Gasteiger partial charge in [-0.1, -0.05) is 0 Å². The monoisotopic (exact) mass is 225 g/mol. The Balaban J connectivity index is 1.89. The molecule has 2 rings (SSSR count). The van der Waals surface area contributed by atoms with Crippen molar-refractivity contribution in [3.8, 4) is 0 Å². The van der Waals surface area contributed by atoms with E-state index in [0.29, 0.717) is 11.2 Å². The number of amides is 1. The van der Waals surface area contributed by atoms with Gasteiger partial charge >= 0.3 is 6.09 Å². The van der Waals surface area contributed by atoms with Crippen LogP contribution in [0.2, 0.25) is 0 Å². The van der Waals surface area contributed by atoms with Crippen LogP contribution in [0, 0.1) is 5.41 Å². The molecular formula is C12H19NO3. The Labute approximate surface area is 95.9 Å². The summed E-state index contributed by atoms with van der Waals surface area (Å²) in [4.78, 5) is 24.3. The van der Waals surface area contributed by atoms with E-state index in [9.17, 15) is 9.59 Å². The van der Waals surface area contributed by atoms with E-state index < -0.39 is 0 Å². The quantitative estimate of drug-likeness (QED) is 0.633. The number of carbonyl (C=O) groups excluding carboxylic acids is 2. The summed E-state index contributed by atoms with van der Waals surface area (Å²) in [5.74, 6) is 0.404. The Bertz CT molecular complexity index is 281. The summed E-state index contributed by atoms with van der Waals surface area (Å²) < 4.78 is 4.72. The molecule has 4 heteroatoms. The van der Waals surface area contributed by atoms with Gasteiger partial charge in [-0.25, -0.2) is 4.79 Å². The lowest BCUT2D eigenvalue weighted by Crippen LogP contribution is -2.44. The van der Waals surface area contributed by atoms with Crippen LogP contribution in [-0.2, 0) is 9.53 Å². The number of ether oxygens (including phenoxy) is 1. The van der Waals surface area contributed by atoms with Gasteiger partial charge in [-0.2, -0.15) is 0 Å². The summed E-state index contributed by atoms with van der Waals surface area (Å²) in [5, 5.41) is 0. The number of Topliss-reactive ketones (excluding diaryl/α,β-unsaturated/α-hetero) is 1. The molecule has 1 saturated heterocycles. The average molecular weight is 225 g/mol. The minimum Gasteiger partial charge on any atom is -0.453 e. The highest BCUT2D eigenvalue weighted by molar-refractivity contribution is 5.79. The van der Waals surface area contributed by atoms with Crippen molar-refractivity contribution in [3.05, 3.63) is 0 Å². The number of hydrogen-bond acceptors (Lipinski definition) is 3. The van der Waals surface area contributed by atoms with Crippen molar-refractivity contribution >= 4 is 11.9 Å². The topological polar surface area (TPSA) is 46.6 Å². The highest BCUT2D eigenvalue weighted by atomic mass is 16.5. The van der Waals surface area contributed by atoms with Crippen molar-refractivity contribution < 1.29 is 14.3 Å². The molecule has 1 spiro atoms. The summed E-state index contributed by atoms with van der Waals surface area (Å²) in [6.07, 6.45) is 5.32. The standard InChI is InChI=1S/C12H19NO3/c1-16-11(15)13-8-6-12(7-9-13)4-2-10(14)3-5-12/h2-9H2,1H3. The summed E-state index contributed by atoms with van der Waals surface area (Å²) >= 11 is 0. The molecule has 1 heterocycles. The molecule has 2 aliphatic rings. The van der Waals surface area contributed by atoms with Crippen LogP contribution in [0.15, 0.2) is 0 Å². The molecule has 4 nitrogen and oxygen atoms in total. The fraction of sp³-hybridized carbons (Fsp3) is 0.833. The molecule has 0 unspecified atom stereocenters. The van der Waals surface area contributed by atoms with Crippen LogP contribution in [-0.4, -0.2) is 37.0 Å². The maximum Gasteiger partial charge on any atom is 0.409 e. The molecule has 1 aliphatic heterocycles. The van der Waals surface area contributed by atoms with Crippen molar-refractivity contribution in [3.63, 3.8) is 0 Å². The maximum absolute atomic E-state index is 11.3. The van der Waals surface area contributed by atoms with Gasteiger partial charge in [0.2, 0.25) is 0 Å². The van der Waals surface area contributed by atoms with Crippen LogP contribution in [0.5, 0.6) is 0 Å². The van der Waals surface area contributed by atoms with Gasteiger partial charge in [0, 0.05) is 25.9 Å². The van der Waals surface area contributed by atoms with Crippen molar-refractivity contribution in [2.75, 3.05) is 20.2 Å². The van der Waals surface area contributed by atoms with Crippen molar-refractivity contribution in [1.82, 2.24) is 4.90 Å². The summed E-state index contributed by atoms with van der Waals surface area (Å²) in [6.45, 7) is 1.56. The minimum absolute atomic E-state index is 0.221. The van der Waals surface area contributed by atoms with E-state index in [-0.39, 0.29) is 6.09 Å². The van der Waals surface area contributed by atoms with Crippen LogP contribution in [0.25, 0.3) is 0 Å². The van der Waals surface area contributed by atoms with Crippen LogP contribution >= 0.6 is 0 Å². The lowest BCUT2D eigenvalue weighted by atomic mass is 9.68. The molecule has 2 fully saturated rings. The van der Waals surface area contributed by atoms with Crippen LogP contribution < -0.4 is 0 Å². The first-order valence-electron chi connectivity index (χ1n) is 6.00. The molecule has 0 aromatic carbocycles. The normalized spacial score (nSPS) is 24.6. The number of rotatable bonds is 0. The molecule has 1 aliphatic carbocycles. The van der Waals surface area contributed by atoms with E-state index >= 15 is 0 Å². The zero-order valence-corrected chi connectivity index (χ0v) is 9.83. The molecule has 90 valence electrons. The molecule has 0 N–H and O–H groups in total. The second kappa shape index (κ2) is 4.44. The van der Waals surface area contributed by atoms with Gasteiger partial charge in [0.1, 0.15) is 5.78 Å². The fourth-order valence-corrected chi connectivity index (χ4v) is 2.85. The van der Waals surface area contributed by atoms with Crippen molar-refractivity contribution in [2.24, 2.45) is 5.41 Å². The summed E-state index contributed by atoms with van der Waals surface area (Å²) in [6, 6.07) is 0. The zero-order valence-electron chi connectivity index (χ0n) is 9.83. The second-order valence-electron chi connectivity index (χ2n) is 5.00. The van der Waals surface area contributed by atoms with E-state index in [1.165, 1.54) is 7.11 Å². The first-order chi connectivity index (χ1) is 7.65. The lowest BCUT2D eigenvalue weighted by Gasteiger charge is -2.43. The second-order valence-corrected chi connectivity index (χ2v) is 5.00. The lowest BCUT2D eigenvalue weighted by molar-refractivity contribution is -0.123. The van der Waals surface area contributed by atoms with E-state index in [2.05, 4.69) is 0 Å². The van der Waals surface area contributed by atoms with Crippen LogP contribution in [0.4, 0.5) is 4.79 Å². The van der Waals surface area contributed by atoms with Gasteiger partial charge in [-0.05, 0) is 31.1 Å². The Kier molecular flexibility index (Phi) is 3.17. The Morgan fingerprint density at radius 2 is 1.75 bits per heavy atom. The number of piperidine rings is 1. The number of methoxy groups -OCH3 is 1. The predicted octanol–water partition coefficient (Wildman–Crippen LogP) is 1.98. The predicted molar refractivity (Wildman–Crippen MR) is 59.1 cm³/mol. The van der Waals surface area contributed by atoms with Crippen LogP contribution in [0.3, 0.4) is 0 Å². The highest BCUT2D eigenvalue weighted by Gasteiger charge is 2.38. The third-order valence-corrected chi connectivity index (χ3v) is 4.13. The molecule has 1 saturated carbocycles. The van der Waals surface area contributed by atoms with Gasteiger partial charge < -0.3 is 9.64 Å². The number of carbonyl (C=O) groups is 2. The molecule has 0 atom stereocenters. The minimum atomic E-state index is -0.221. The van der Waals surface area contributed by atoms with Gasteiger partial charge in [-0.15, -0.1) is 0 Å². The van der Waals surface area contributed by atoms with Gasteiger partial charge in [0.15, 0.2) is 0 Å². The first kappa shape index (κ1) is 11.4. The fourth-order valence-electron chi connectivity index (χ4n) is 2.85. The number of likely N-dealkylation sites (tertiary alicyclic amines) is 1. The SMILES string of the molecule is COC(=O)N1CCC2(CCC(=O)CC2)CC1. The van der Waals surface area contributed by atoms with Crippen molar-refractivity contribution in [2.45, 2.75) is 38.5 Å². The van der Waals surface area contributed by atoms with Crippen LogP contribution in [0.1, 0.15) is 38.5 Å². The average Bonchev–Trinajstić information content (AvgIpc) is 2.33. The van der Waals surface area contributed by atoms with E-state index in [1.54, 1.807) is 4.90 Å². The van der Waals surface area contributed by atoms with E-state index in [4.69, 9.17) is 4.74 Å². The molecule has 0 radical (unpaired) electrons. The van der Waals surface area contributed by atoms with Gasteiger partial charge in [-0.3, -0.25) is 4.79 Å². The Hall–Kier alpha value is -1.06. The first-order valence-corrected chi connectivity index (χ1v) is 6.00. The van der Waals surface area contributed by atoms with E-state index in [1.807, 2.05) is 0 Å².